The van der Waals surface area contributed by atoms with Crippen LogP contribution >= 0.6 is 0 Å². The van der Waals surface area contributed by atoms with Crippen LogP contribution in [0.3, 0.4) is 0 Å². The minimum absolute atomic E-state index is 0.646. The molecule has 7 heteroatoms. The average Bonchev–Trinajstić information content (AvgIpc) is 2.55. The Hall–Kier alpha value is -1.89. The van der Waals surface area contributed by atoms with E-state index in [1.807, 2.05) is 6.07 Å². The number of piperazine rings is 1. The van der Waals surface area contributed by atoms with Gasteiger partial charge >= 0.3 is 0 Å². The predicted octanol–water partition coefficient (Wildman–Crippen LogP) is 0.211. The second-order valence-electron chi connectivity index (χ2n) is 4.75. The van der Waals surface area contributed by atoms with Crippen LogP contribution < -0.4 is 10.2 Å². The van der Waals surface area contributed by atoms with E-state index in [0.29, 0.717) is 13.2 Å². The van der Waals surface area contributed by atoms with Gasteiger partial charge in [0.1, 0.15) is 0 Å². The highest BCUT2D eigenvalue weighted by atomic mass is 16.5. The fourth-order valence-electron chi connectivity index (χ4n) is 2.24. The Morgan fingerprint density at radius 2 is 2.00 bits per heavy atom. The van der Waals surface area contributed by atoms with E-state index in [-0.39, 0.29) is 0 Å². The topological polar surface area (TPSA) is 65.9 Å². The SMILES string of the molecule is CCNC(=NCCOC)N1CCN(c2ncccn2)CC1. The summed E-state index contributed by atoms with van der Waals surface area (Å²) >= 11 is 0. The molecule has 7 nitrogen and oxygen atoms in total. The number of nitrogens with one attached hydrogen (secondary N) is 1. The van der Waals surface area contributed by atoms with E-state index < -0.39 is 0 Å². The van der Waals surface area contributed by atoms with E-state index in [1.165, 1.54) is 0 Å². The second kappa shape index (κ2) is 8.41. The molecule has 0 atom stereocenters. The lowest BCUT2D eigenvalue weighted by atomic mass is 10.3. The monoisotopic (exact) mass is 292 g/mol. The number of rotatable bonds is 5. The summed E-state index contributed by atoms with van der Waals surface area (Å²) in [6.07, 6.45) is 3.57. The van der Waals surface area contributed by atoms with Gasteiger partial charge < -0.3 is 19.9 Å². The molecule has 0 unspecified atom stereocenters. The van der Waals surface area contributed by atoms with Crippen molar-refractivity contribution in [3.63, 3.8) is 0 Å². The molecular weight excluding hydrogens is 268 g/mol. The minimum atomic E-state index is 0.646. The molecule has 2 heterocycles. The first kappa shape index (κ1) is 15.5. The fourth-order valence-corrected chi connectivity index (χ4v) is 2.24. The molecule has 1 aliphatic heterocycles. The highest BCUT2D eigenvalue weighted by Gasteiger charge is 2.20. The van der Waals surface area contributed by atoms with Gasteiger partial charge in [-0.2, -0.15) is 0 Å². The van der Waals surface area contributed by atoms with Crippen LogP contribution in [0.1, 0.15) is 6.92 Å². The Morgan fingerprint density at radius 1 is 1.29 bits per heavy atom. The van der Waals surface area contributed by atoms with E-state index >= 15 is 0 Å². The maximum absolute atomic E-state index is 5.05. The van der Waals surface area contributed by atoms with E-state index in [1.54, 1.807) is 19.5 Å². The Bertz CT molecular complexity index is 430. The lowest BCUT2D eigenvalue weighted by molar-refractivity contribution is 0.207. The molecule has 0 radical (unpaired) electrons. The number of hydrogen-bond acceptors (Lipinski definition) is 5. The molecule has 0 spiro atoms. The van der Waals surface area contributed by atoms with Crippen LogP contribution in [0.5, 0.6) is 0 Å². The van der Waals surface area contributed by atoms with Crippen molar-refractivity contribution in [2.45, 2.75) is 6.92 Å². The van der Waals surface area contributed by atoms with Gasteiger partial charge in [-0.05, 0) is 13.0 Å². The maximum Gasteiger partial charge on any atom is 0.225 e. The maximum atomic E-state index is 5.05. The second-order valence-corrected chi connectivity index (χ2v) is 4.75. The van der Waals surface area contributed by atoms with Crippen LogP contribution in [-0.4, -0.2) is 73.8 Å². The molecule has 2 rings (SSSR count). The Labute approximate surface area is 126 Å². The van der Waals surface area contributed by atoms with Gasteiger partial charge in [0.15, 0.2) is 5.96 Å². The molecule has 116 valence electrons. The number of methoxy groups -OCH3 is 1. The first-order chi connectivity index (χ1) is 10.3. The molecule has 0 aromatic carbocycles. The summed E-state index contributed by atoms with van der Waals surface area (Å²) in [5.74, 6) is 1.77. The number of aliphatic imine (C=N–C) groups is 1. The average molecular weight is 292 g/mol. The first-order valence-electron chi connectivity index (χ1n) is 7.39. The third-order valence-corrected chi connectivity index (χ3v) is 3.31. The van der Waals surface area contributed by atoms with Gasteiger partial charge in [0, 0.05) is 52.2 Å². The van der Waals surface area contributed by atoms with Crippen molar-refractivity contribution in [1.82, 2.24) is 20.2 Å². The van der Waals surface area contributed by atoms with Crippen molar-refractivity contribution in [2.75, 3.05) is 57.9 Å². The van der Waals surface area contributed by atoms with Crippen molar-refractivity contribution in [2.24, 2.45) is 4.99 Å². The van der Waals surface area contributed by atoms with Crippen molar-refractivity contribution < 1.29 is 4.74 Å². The third-order valence-electron chi connectivity index (χ3n) is 3.31. The van der Waals surface area contributed by atoms with Crippen molar-refractivity contribution >= 4 is 11.9 Å². The first-order valence-corrected chi connectivity index (χ1v) is 7.39. The molecule has 0 aliphatic carbocycles. The number of hydrogen-bond donors (Lipinski definition) is 1. The quantitative estimate of drug-likeness (QED) is 0.475. The number of anilines is 1. The third kappa shape index (κ3) is 4.56. The Kier molecular flexibility index (Phi) is 6.21. The summed E-state index contributed by atoms with van der Waals surface area (Å²) in [7, 11) is 1.70. The number of nitrogens with zero attached hydrogens (tertiary/aromatic N) is 5. The number of ether oxygens (including phenoxy) is 1. The van der Waals surface area contributed by atoms with Crippen molar-refractivity contribution in [3.05, 3.63) is 18.5 Å². The van der Waals surface area contributed by atoms with Crippen LogP contribution in [0.2, 0.25) is 0 Å². The number of aromatic nitrogens is 2. The van der Waals surface area contributed by atoms with Gasteiger partial charge in [-0.1, -0.05) is 0 Å². The van der Waals surface area contributed by atoms with Crippen LogP contribution in [0.4, 0.5) is 5.95 Å². The summed E-state index contributed by atoms with van der Waals surface area (Å²) in [4.78, 5) is 17.7. The largest absolute Gasteiger partial charge is 0.383 e. The van der Waals surface area contributed by atoms with E-state index in [9.17, 15) is 0 Å². The van der Waals surface area contributed by atoms with Gasteiger partial charge in [0.25, 0.3) is 0 Å². The standard InChI is InChI=1S/C14H24N6O/c1-3-15-13(18-7-12-21-2)19-8-10-20(11-9-19)14-16-5-4-6-17-14/h4-6H,3,7-12H2,1-2H3,(H,15,18). The van der Waals surface area contributed by atoms with E-state index in [2.05, 4.69) is 37.0 Å². The molecule has 1 N–H and O–H groups in total. The molecule has 0 amide bonds. The van der Waals surface area contributed by atoms with Crippen LogP contribution in [-0.2, 0) is 4.74 Å². The van der Waals surface area contributed by atoms with E-state index in [4.69, 9.17) is 4.74 Å². The Morgan fingerprint density at radius 3 is 2.62 bits per heavy atom. The van der Waals surface area contributed by atoms with Crippen molar-refractivity contribution in [3.8, 4) is 0 Å². The van der Waals surface area contributed by atoms with Gasteiger partial charge in [0.05, 0.1) is 13.2 Å². The zero-order chi connectivity index (χ0) is 14.9. The normalized spacial score (nSPS) is 16.2. The van der Waals surface area contributed by atoms with Crippen molar-refractivity contribution in [1.29, 1.82) is 0 Å². The molecule has 1 aromatic heterocycles. The Balaban J connectivity index is 1.90. The van der Waals surface area contributed by atoms with E-state index in [0.717, 1.165) is 44.6 Å². The number of guanidine groups is 1. The van der Waals surface area contributed by atoms with Crippen LogP contribution in [0.15, 0.2) is 23.5 Å². The van der Waals surface area contributed by atoms with Gasteiger partial charge in [-0.15, -0.1) is 0 Å². The lowest BCUT2D eigenvalue weighted by Crippen LogP contribution is -2.53. The molecule has 1 aromatic rings. The molecule has 0 saturated carbocycles. The highest BCUT2D eigenvalue weighted by Crippen LogP contribution is 2.09. The minimum Gasteiger partial charge on any atom is -0.383 e. The summed E-state index contributed by atoms with van der Waals surface area (Å²) < 4.78 is 5.05. The lowest BCUT2D eigenvalue weighted by Gasteiger charge is -2.36. The smallest absolute Gasteiger partial charge is 0.225 e. The zero-order valence-electron chi connectivity index (χ0n) is 12.8. The molecule has 1 fully saturated rings. The summed E-state index contributed by atoms with van der Waals surface area (Å²) in [6, 6.07) is 1.84. The van der Waals surface area contributed by atoms with Gasteiger partial charge in [-0.25, -0.2) is 9.97 Å². The van der Waals surface area contributed by atoms with Crippen LogP contribution in [0, 0.1) is 0 Å². The molecule has 0 bridgehead atoms. The highest BCUT2D eigenvalue weighted by molar-refractivity contribution is 5.80. The molecule has 21 heavy (non-hydrogen) atoms. The molecular formula is C14H24N6O. The summed E-state index contributed by atoms with van der Waals surface area (Å²) in [5, 5.41) is 3.34. The fraction of sp³-hybridized carbons (Fsp3) is 0.643. The molecule has 1 aliphatic rings. The molecule has 1 saturated heterocycles. The summed E-state index contributed by atoms with van der Waals surface area (Å²) in [6.45, 7) is 7.91. The predicted molar refractivity (Wildman–Crippen MR) is 83.7 cm³/mol. The van der Waals surface area contributed by atoms with Gasteiger partial charge in [-0.3, -0.25) is 4.99 Å². The van der Waals surface area contributed by atoms with Gasteiger partial charge in [0.2, 0.25) is 5.95 Å². The zero-order valence-corrected chi connectivity index (χ0v) is 12.8. The summed E-state index contributed by atoms with van der Waals surface area (Å²) in [5.41, 5.74) is 0. The van der Waals surface area contributed by atoms with Crippen LogP contribution in [0.25, 0.3) is 0 Å².